The molecule has 6 nitrogen and oxygen atoms in total. The summed E-state index contributed by atoms with van der Waals surface area (Å²) >= 11 is 0. The van der Waals surface area contributed by atoms with Crippen LogP contribution < -0.4 is 15.0 Å². The lowest BCUT2D eigenvalue weighted by Crippen LogP contribution is -2.16. The smallest absolute Gasteiger partial charge is 0.239 e. The van der Waals surface area contributed by atoms with Crippen molar-refractivity contribution in [3.8, 4) is 11.5 Å². The van der Waals surface area contributed by atoms with Gasteiger partial charge >= 0.3 is 0 Å². The van der Waals surface area contributed by atoms with Crippen molar-refractivity contribution in [1.29, 1.82) is 0 Å². The monoisotopic (exact) mass is 421 g/mol. The molecule has 0 bridgehead atoms. The topological polar surface area (TPSA) is 78.1 Å². The molecule has 0 aliphatic carbocycles. The molecule has 0 unspecified atom stereocenters. The molecule has 0 aliphatic rings. The van der Waals surface area contributed by atoms with Gasteiger partial charge in [-0.2, -0.15) is 0 Å². The van der Waals surface area contributed by atoms with Crippen LogP contribution >= 0.6 is 0 Å². The van der Waals surface area contributed by atoms with E-state index in [1.165, 1.54) is 7.11 Å². The molecule has 4 aromatic rings. The van der Waals surface area contributed by atoms with Crippen molar-refractivity contribution in [2.45, 2.75) is 9.79 Å². The molecule has 0 radical (unpaired) electrons. The lowest BCUT2D eigenvalue weighted by Gasteiger charge is -2.09. The Morgan fingerprint density at radius 3 is 2.33 bits per heavy atom. The van der Waals surface area contributed by atoms with Crippen molar-refractivity contribution in [2.75, 3.05) is 14.2 Å². The van der Waals surface area contributed by atoms with Gasteiger partial charge in [-0.3, -0.25) is 0 Å². The number of hydrogen-bond donors (Lipinski definition) is 0. The summed E-state index contributed by atoms with van der Waals surface area (Å²) in [5.41, 5.74) is 0.870. The summed E-state index contributed by atoms with van der Waals surface area (Å²) in [6.07, 6.45) is 0. The van der Waals surface area contributed by atoms with Crippen LogP contribution in [0, 0.1) is 0 Å². The van der Waals surface area contributed by atoms with Crippen LogP contribution in [0.2, 0.25) is 0 Å². The Balaban J connectivity index is 2.06. The van der Waals surface area contributed by atoms with Gasteiger partial charge in [-0.15, -0.1) is 0 Å². The molecule has 0 N–H and O–H groups in total. The van der Waals surface area contributed by atoms with Gasteiger partial charge in [-0.25, -0.2) is 13.4 Å². The number of nitrogens with zero attached hydrogens (tertiary/aromatic N) is 1. The van der Waals surface area contributed by atoms with Gasteiger partial charge in [0.2, 0.25) is 15.4 Å². The number of para-hydroxylation sites is 1. The Morgan fingerprint density at radius 2 is 1.60 bits per heavy atom. The van der Waals surface area contributed by atoms with E-state index in [0.29, 0.717) is 28.2 Å². The molecule has 0 spiro atoms. The van der Waals surface area contributed by atoms with Gasteiger partial charge in [0.15, 0.2) is 11.3 Å². The highest BCUT2D eigenvalue weighted by Gasteiger charge is 2.23. The molecule has 0 fully saturated rings. The molecule has 0 saturated carbocycles. The molecule has 1 heterocycles. The van der Waals surface area contributed by atoms with E-state index in [2.05, 4.69) is 4.99 Å². The maximum atomic E-state index is 13.4. The van der Waals surface area contributed by atoms with Gasteiger partial charge in [-0.05, 0) is 36.4 Å². The number of methoxy groups -OCH3 is 2. The van der Waals surface area contributed by atoms with Gasteiger partial charge < -0.3 is 13.9 Å². The zero-order valence-corrected chi connectivity index (χ0v) is 17.2. The van der Waals surface area contributed by atoms with Crippen LogP contribution in [0.1, 0.15) is 0 Å². The molecular formula is C23H19NO5S. The number of hydrogen-bond acceptors (Lipinski definition) is 6. The first-order chi connectivity index (χ1) is 14.5. The van der Waals surface area contributed by atoms with Crippen LogP contribution in [0.25, 0.3) is 11.0 Å². The van der Waals surface area contributed by atoms with Crippen molar-refractivity contribution in [3.63, 3.8) is 0 Å². The third-order valence-corrected chi connectivity index (χ3v) is 6.32. The molecule has 0 saturated heterocycles. The highest BCUT2D eigenvalue weighted by atomic mass is 32.2. The fourth-order valence-corrected chi connectivity index (χ4v) is 4.43. The fourth-order valence-electron chi connectivity index (χ4n) is 3.06. The fraction of sp³-hybridized carbons (Fsp3) is 0.0870. The van der Waals surface area contributed by atoms with Gasteiger partial charge in [0.05, 0.1) is 24.8 Å². The summed E-state index contributed by atoms with van der Waals surface area (Å²) in [6, 6.07) is 22.0. The maximum absolute atomic E-state index is 13.4. The Hall–Kier alpha value is -3.58. The molecular weight excluding hydrogens is 402 g/mol. The second-order valence-electron chi connectivity index (χ2n) is 6.42. The Kier molecular flexibility index (Phi) is 5.29. The van der Waals surface area contributed by atoms with Crippen molar-refractivity contribution >= 4 is 26.5 Å². The van der Waals surface area contributed by atoms with Crippen molar-refractivity contribution in [2.24, 2.45) is 4.99 Å². The van der Waals surface area contributed by atoms with E-state index >= 15 is 0 Å². The molecule has 3 aromatic carbocycles. The Labute approximate surface area is 174 Å². The molecule has 7 heteroatoms. The van der Waals surface area contributed by atoms with Crippen LogP contribution in [0.5, 0.6) is 11.5 Å². The second kappa shape index (κ2) is 8.04. The van der Waals surface area contributed by atoms with Gasteiger partial charge in [0.25, 0.3) is 0 Å². The summed E-state index contributed by atoms with van der Waals surface area (Å²) in [7, 11) is -0.799. The zero-order chi connectivity index (χ0) is 21.1. The van der Waals surface area contributed by atoms with E-state index in [1.54, 1.807) is 86.0 Å². The van der Waals surface area contributed by atoms with Crippen molar-refractivity contribution in [1.82, 2.24) is 0 Å². The minimum absolute atomic E-state index is 0.0303. The van der Waals surface area contributed by atoms with Crippen LogP contribution in [0.15, 0.2) is 98.1 Å². The molecule has 152 valence electrons. The summed E-state index contributed by atoms with van der Waals surface area (Å²) in [5, 5.41) is 0.591. The lowest BCUT2D eigenvalue weighted by molar-refractivity contribution is 0.403. The van der Waals surface area contributed by atoms with Gasteiger partial charge in [0.1, 0.15) is 10.6 Å². The van der Waals surface area contributed by atoms with Crippen LogP contribution in [0.4, 0.5) is 5.69 Å². The number of rotatable bonds is 5. The third-order valence-electron chi connectivity index (χ3n) is 4.55. The maximum Gasteiger partial charge on any atom is 0.239 e. The summed E-state index contributed by atoms with van der Waals surface area (Å²) < 4.78 is 43.4. The van der Waals surface area contributed by atoms with E-state index in [0.717, 1.165) is 0 Å². The quantitative estimate of drug-likeness (QED) is 0.474. The number of ether oxygens (including phenoxy) is 2. The average Bonchev–Trinajstić information content (AvgIpc) is 2.79. The van der Waals surface area contributed by atoms with Crippen LogP contribution in [0.3, 0.4) is 0 Å². The van der Waals surface area contributed by atoms with Crippen LogP contribution in [-0.4, -0.2) is 22.6 Å². The predicted octanol–water partition coefficient (Wildman–Crippen LogP) is 4.52. The first-order valence-corrected chi connectivity index (χ1v) is 10.6. The Morgan fingerprint density at radius 1 is 0.833 bits per heavy atom. The SMILES string of the molecule is COc1cccc(N=c2oc3c(OC)cccc3cc2S(=O)(=O)c2ccccc2)c1. The van der Waals surface area contributed by atoms with E-state index in [-0.39, 0.29) is 15.3 Å². The molecule has 30 heavy (non-hydrogen) atoms. The molecule has 0 atom stereocenters. The largest absolute Gasteiger partial charge is 0.497 e. The molecule has 0 aliphatic heterocycles. The zero-order valence-electron chi connectivity index (χ0n) is 16.4. The van der Waals surface area contributed by atoms with Gasteiger partial charge in [0, 0.05) is 11.5 Å². The minimum atomic E-state index is -3.88. The van der Waals surface area contributed by atoms with E-state index in [4.69, 9.17) is 13.9 Å². The van der Waals surface area contributed by atoms with Crippen LogP contribution in [-0.2, 0) is 9.84 Å². The number of fused-ring (bicyclic) bond motifs is 1. The molecule has 1 aromatic heterocycles. The molecule has 0 amide bonds. The van der Waals surface area contributed by atoms with Crippen molar-refractivity contribution in [3.05, 3.63) is 84.4 Å². The number of benzene rings is 3. The summed E-state index contributed by atoms with van der Waals surface area (Å²) in [4.78, 5) is 4.61. The van der Waals surface area contributed by atoms with Gasteiger partial charge in [-0.1, -0.05) is 36.4 Å². The second-order valence-corrected chi connectivity index (χ2v) is 8.34. The third kappa shape index (κ3) is 3.67. The minimum Gasteiger partial charge on any atom is -0.497 e. The predicted molar refractivity (Wildman–Crippen MR) is 113 cm³/mol. The normalized spacial score (nSPS) is 12.1. The van der Waals surface area contributed by atoms with E-state index in [9.17, 15) is 8.42 Å². The van der Waals surface area contributed by atoms with Crippen molar-refractivity contribution < 1.29 is 22.3 Å². The molecule has 4 rings (SSSR count). The lowest BCUT2D eigenvalue weighted by atomic mass is 10.2. The Bertz CT molecular complexity index is 1380. The summed E-state index contributed by atoms with van der Waals surface area (Å²) in [6.45, 7) is 0. The number of sulfone groups is 1. The first-order valence-electron chi connectivity index (χ1n) is 9.13. The van der Waals surface area contributed by atoms with E-state index in [1.807, 2.05) is 0 Å². The highest BCUT2D eigenvalue weighted by Crippen LogP contribution is 2.28. The van der Waals surface area contributed by atoms with E-state index < -0.39 is 9.84 Å². The first kappa shape index (κ1) is 19.7. The summed E-state index contributed by atoms with van der Waals surface area (Å²) in [5.74, 6) is 1.08. The highest BCUT2D eigenvalue weighted by molar-refractivity contribution is 7.91. The average molecular weight is 421 g/mol. The standard InChI is InChI=1S/C23H19NO5S/c1-27-18-10-7-9-17(15-18)24-23-21(30(25,26)19-11-4-3-5-12-19)14-16-8-6-13-20(28-2)22(16)29-23/h3-15H,1-2H3.